The zero-order chi connectivity index (χ0) is 11.8. The van der Waals surface area contributed by atoms with Crippen molar-refractivity contribution in [2.45, 2.75) is 30.8 Å². The summed E-state index contributed by atoms with van der Waals surface area (Å²) in [6.45, 7) is 3.69. The summed E-state index contributed by atoms with van der Waals surface area (Å²) < 4.78 is 4.80. The number of rotatable bonds is 2. The molecule has 1 amide bonds. The molecule has 0 bridgehead atoms. The summed E-state index contributed by atoms with van der Waals surface area (Å²) in [5, 5.41) is 0. The van der Waals surface area contributed by atoms with E-state index in [0.29, 0.717) is 6.42 Å². The van der Waals surface area contributed by atoms with Gasteiger partial charge in [0, 0.05) is 6.04 Å². The lowest BCUT2D eigenvalue weighted by atomic mass is 9.96. The predicted octanol–water partition coefficient (Wildman–Crippen LogP) is 1.04. The Hall–Kier alpha value is -1.58. The highest BCUT2D eigenvalue weighted by Crippen LogP contribution is 2.39. The molecule has 0 aromatic carbocycles. The van der Waals surface area contributed by atoms with Gasteiger partial charge in [-0.25, -0.2) is 4.79 Å². The van der Waals surface area contributed by atoms with Crippen LogP contribution in [0.3, 0.4) is 0 Å². The van der Waals surface area contributed by atoms with Crippen LogP contribution in [0.5, 0.6) is 0 Å². The summed E-state index contributed by atoms with van der Waals surface area (Å²) in [5.41, 5.74) is -0.957. The van der Waals surface area contributed by atoms with E-state index in [9.17, 15) is 9.59 Å². The van der Waals surface area contributed by atoms with E-state index >= 15 is 0 Å². The van der Waals surface area contributed by atoms with Crippen LogP contribution in [0.4, 0.5) is 0 Å². The Bertz CT molecular complexity index is 374. The molecule has 0 radical (unpaired) electrons. The third kappa shape index (κ3) is 1.29. The summed E-state index contributed by atoms with van der Waals surface area (Å²) in [4.78, 5) is 25.3. The molecule has 2 aliphatic rings. The van der Waals surface area contributed by atoms with E-state index in [4.69, 9.17) is 4.74 Å². The molecule has 2 heterocycles. The Morgan fingerprint density at radius 3 is 3.12 bits per heavy atom. The van der Waals surface area contributed by atoms with Gasteiger partial charge in [0.25, 0.3) is 0 Å². The van der Waals surface area contributed by atoms with Crippen molar-refractivity contribution in [2.24, 2.45) is 0 Å². The number of carbonyl (C=O) groups is 2. The van der Waals surface area contributed by atoms with E-state index in [2.05, 4.69) is 6.58 Å². The molecule has 0 aliphatic carbocycles. The Morgan fingerprint density at radius 1 is 1.75 bits per heavy atom. The third-order valence-corrected chi connectivity index (χ3v) is 3.44. The van der Waals surface area contributed by atoms with Gasteiger partial charge in [0.1, 0.15) is 0 Å². The van der Waals surface area contributed by atoms with Gasteiger partial charge in [-0.2, -0.15) is 0 Å². The van der Waals surface area contributed by atoms with Gasteiger partial charge in [-0.05, 0) is 25.3 Å². The standard InChI is InChI=1S/C12H15NO3/c1-3-12(11(15)16-2)8-7-9-5-4-6-10(14)13(9)12/h3-4,6,9H,1,5,7-8H2,2H3/t9-,12+/m0/s1. The second-order valence-corrected chi connectivity index (χ2v) is 4.16. The van der Waals surface area contributed by atoms with Gasteiger partial charge < -0.3 is 9.64 Å². The fourth-order valence-corrected chi connectivity index (χ4v) is 2.63. The Labute approximate surface area is 94.6 Å². The number of carbonyl (C=O) groups excluding carboxylic acids is 2. The number of esters is 1. The highest BCUT2D eigenvalue weighted by atomic mass is 16.5. The van der Waals surface area contributed by atoms with Crippen LogP contribution < -0.4 is 0 Å². The van der Waals surface area contributed by atoms with Crippen LogP contribution in [0.2, 0.25) is 0 Å². The molecule has 0 saturated carbocycles. The van der Waals surface area contributed by atoms with Crippen LogP contribution in [0, 0.1) is 0 Å². The van der Waals surface area contributed by atoms with E-state index in [1.54, 1.807) is 4.90 Å². The fraction of sp³-hybridized carbons (Fsp3) is 0.500. The molecule has 0 unspecified atom stereocenters. The minimum atomic E-state index is -0.957. The van der Waals surface area contributed by atoms with E-state index in [0.717, 1.165) is 12.8 Å². The van der Waals surface area contributed by atoms with Gasteiger partial charge >= 0.3 is 5.97 Å². The first kappa shape index (κ1) is 10.9. The Morgan fingerprint density at radius 2 is 2.50 bits per heavy atom. The van der Waals surface area contributed by atoms with E-state index < -0.39 is 11.5 Å². The van der Waals surface area contributed by atoms with E-state index in [-0.39, 0.29) is 11.9 Å². The normalized spacial score (nSPS) is 32.4. The molecular formula is C12H15NO3. The molecule has 4 heteroatoms. The number of fused-ring (bicyclic) bond motifs is 1. The summed E-state index contributed by atoms with van der Waals surface area (Å²) in [6.07, 6.45) is 7.13. The van der Waals surface area contributed by atoms with Gasteiger partial charge in [0.2, 0.25) is 5.91 Å². The molecule has 86 valence electrons. The molecule has 1 fully saturated rings. The minimum Gasteiger partial charge on any atom is -0.467 e. The molecule has 0 aromatic rings. The first-order valence-electron chi connectivity index (χ1n) is 5.37. The summed E-state index contributed by atoms with van der Waals surface area (Å²) in [5.74, 6) is -0.521. The van der Waals surface area contributed by atoms with Crippen LogP contribution in [0.25, 0.3) is 0 Å². The van der Waals surface area contributed by atoms with Gasteiger partial charge in [-0.15, -0.1) is 6.58 Å². The van der Waals surface area contributed by atoms with Crippen LogP contribution in [-0.2, 0) is 14.3 Å². The van der Waals surface area contributed by atoms with Crippen LogP contribution >= 0.6 is 0 Å². The van der Waals surface area contributed by atoms with Crippen molar-refractivity contribution >= 4 is 11.9 Å². The monoisotopic (exact) mass is 221 g/mol. The first-order valence-corrected chi connectivity index (χ1v) is 5.37. The van der Waals surface area contributed by atoms with Crippen molar-refractivity contribution in [2.75, 3.05) is 7.11 Å². The van der Waals surface area contributed by atoms with Crippen LogP contribution in [0.1, 0.15) is 19.3 Å². The molecule has 2 atom stereocenters. The third-order valence-electron chi connectivity index (χ3n) is 3.44. The quantitative estimate of drug-likeness (QED) is 0.517. The zero-order valence-corrected chi connectivity index (χ0v) is 9.31. The molecule has 0 N–H and O–H groups in total. The maximum Gasteiger partial charge on any atom is 0.335 e. The fourth-order valence-electron chi connectivity index (χ4n) is 2.63. The number of hydrogen-bond donors (Lipinski definition) is 0. The molecule has 0 aromatic heterocycles. The van der Waals surface area contributed by atoms with Gasteiger partial charge in [-0.1, -0.05) is 12.2 Å². The smallest absolute Gasteiger partial charge is 0.335 e. The van der Waals surface area contributed by atoms with Crippen molar-refractivity contribution in [3.05, 3.63) is 24.8 Å². The average Bonchev–Trinajstić information content (AvgIpc) is 2.69. The van der Waals surface area contributed by atoms with Crippen LogP contribution in [-0.4, -0.2) is 35.5 Å². The summed E-state index contributed by atoms with van der Waals surface area (Å²) >= 11 is 0. The summed E-state index contributed by atoms with van der Waals surface area (Å²) in [6, 6.07) is 0.106. The first-order chi connectivity index (χ1) is 7.65. The molecule has 2 aliphatic heterocycles. The van der Waals surface area contributed by atoms with Gasteiger partial charge in [0.05, 0.1) is 7.11 Å². The number of ether oxygens (including phenoxy) is 1. The zero-order valence-electron chi connectivity index (χ0n) is 9.31. The molecule has 0 spiro atoms. The number of amides is 1. The van der Waals surface area contributed by atoms with Crippen molar-refractivity contribution in [1.82, 2.24) is 4.90 Å². The lowest BCUT2D eigenvalue weighted by molar-refractivity contribution is -0.156. The van der Waals surface area contributed by atoms with Gasteiger partial charge in [0.15, 0.2) is 5.54 Å². The summed E-state index contributed by atoms with van der Waals surface area (Å²) in [7, 11) is 1.34. The molecule has 4 nitrogen and oxygen atoms in total. The lowest BCUT2D eigenvalue weighted by Gasteiger charge is -2.37. The molecule has 16 heavy (non-hydrogen) atoms. The second-order valence-electron chi connectivity index (χ2n) is 4.16. The highest BCUT2D eigenvalue weighted by molar-refractivity contribution is 5.96. The van der Waals surface area contributed by atoms with Crippen molar-refractivity contribution < 1.29 is 14.3 Å². The Kier molecular flexibility index (Phi) is 2.58. The molecular weight excluding hydrogens is 206 g/mol. The van der Waals surface area contributed by atoms with E-state index in [1.807, 2.05) is 6.08 Å². The maximum atomic E-state index is 11.9. The minimum absolute atomic E-state index is 0.106. The number of nitrogens with zero attached hydrogens (tertiary/aromatic N) is 1. The number of hydrogen-bond acceptors (Lipinski definition) is 3. The number of methoxy groups -OCH3 is 1. The predicted molar refractivity (Wildman–Crippen MR) is 58.6 cm³/mol. The van der Waals surface area contributed by atoms with Crippen molar-refractivity contribution in [3.63, 3.8) is 0 Å². The van der Waals surface area contributed by atoms with Crippen LogP contribution in [0.15, 0.2) is 24.8 Å². The van der Waals surface area contributed by atoms with Gasteiger partial charge in [-0.3, -0.25) is 4.79 Å². The SMILES string of the molecule is C=C[C@]1(C(=O)OC)CC[C@@H]2CC=CC(=O)N21. The molecule has 2 rings (SSSR count). The molecule has 1 saturated heterocycles. The topological polar surface area (TPSA) is 46.6 Å². The lowest BCUT2D eigenvalue weighted by Crippen LogP contribution is -2.55. The second kappa shape index (κ2) is 3.77. The van der Waals surface area contributed by atoms with Crippen molar-refractivity contribution in [3.8, 4) is 0 Å². The highest BCUT2D eigenvalue weighted by Gasteiger charge is 2.52. The average molecular weight is 221 g/mol. The van der Waals surface area contributed by atoms with Crippen molar-refractivity contribution in [1.29, 1.82) is 0 Å². The largest absolute Gasteiger partial charge is 0.467 e. The maximum absolute atomic E-state index is 11.9. The van der Waals surface area contributed by atoms with E-state index in [1.165, 1.54) is 19.3 Å². The Balaban J connectivity index is 2.41.